The van der Waals surface area contributed by atoms with E-state index in [0.29, 0.717) is 18.7 Å². The Morgan fingerprint density at radius 1 is 1.12 bits per heavy atom. The van der Waals surface area contributed by atoms with Gasteiger partial charge in [-0.15, -0.1) is 0 Å². The molecule has 0 spiro atoms. The van der Waals surface area contributed by atoms with E-state index >= 15 is 0 Å². The lowest BCUT2D eigenvalue weighted by Crippen LogP contribution is -2.30. The number of likely N-dealkylation sites (tertiary alicyclic amines) is 1. The van der Waals surface area contributed by atoms with Crippen LogP contribution in [-0.2, 0) is 9.59 Å². The SMILES string of the molecule is CCCCN1C(=O)C(=O)/C(=C(/O)c2ccc(OCC)c(C(C)C)c2)C1c1ccccc1C. The molecule has 32 heavy (non-hydrogen) atoms. The van der Waals surface area contributed by atoms with Gasteiger partial charge in [-0.3, -0.25) is 9.59 Å². The minimum atomic E-state index is -0.633. The highest BCUT2D eigenvalue weighted by Gasteiger charge is 2.46. The Balaban J connectivity index is 2.19. The lowest BCUT2D eigenvalue weighted by atomic mass is 9.91. The van der Waals surface area contributed by atoms with Crippen molar-refractivity contribution < 1.29 is 19.4 Å². The summed E-state index contributed by atoms with van der Waals surface area (Å²) < 4.78 is 5.74. The van der Waals surface area contributed by atoms with Crippen LogP contribution in [-0.4, -0.2) is 34.8 Å². The number of aryl methyl sites for hydroxylation is 1. The lowest BCUT2D eigenvalue weighted by molar-refractivity contribution is -0.139. The molecule has 170 valence electrons. The van der Waals surface area contributed by atoms with Crippen LogP contribution in [0.25, 0.3) is 5.76 Å². The van der Waals surface area contributed by atoms with Crippen LogP contribution in [0, 0.1) is 6.92 Å². The smallest absolute Gasteiger partial charge is 0.295 e. The zero-order chi connectivity index (χ0) is 23.4. The number of carbonyl (C=O) groups is 2. The van der Waals surface area contributed by atoms with Crippen molar-refractivity contribution in [1.82, 2.24) is 4.90 Å². The molecule has 0 saturated carbocycles. The molecule has 1 saturated heterocycles. The van der Waals surface area contributed by atoms with Gasteiger partial charge in [0.05, 0.1) is 18.2 Å². The number of benzene rings is 2. The predicted octanol–water partition coefficient (Wildman–Crippen LogP) is 5.74. The Morgan fingerprint density at radius 3 is 2.47 bits per heavy atom. The summed E-state index contributed by atoms with van der Waals surface area (Å²) in [6.45, 7) is 11.1. The third-order valence-electron chi connectivity index (χ3n) is 5.98. The van der Waals surface area contributed by atoms with Crippen LogP contribution in [0.4, 0.5) is 0 Å². The fourth-order valence-electron chi connectivity index (χ4n) is 4.25. The van der Waals surface area contributed by atoms with E-state index in [-0.39, 0.29) is 17.3 Å². The van der Waals surface area contributed by atoms with Gasteiger partial charge in [-0.25, -0.2) is 0 Å². The van der Waals surface area contributed by atoms with E-state index in [1.54, 1.807) is 11.0 Å². The number of hydrogen-bond acceptors (Lipinski definition) is 4. The molecule has 1 fully saturated rings. The number of nitrogens with zero attached hydrogens (tertiary/aromatic N) is 1. The van der Waals surface area contributed by atoms with Gasteiger partial charge in [0.15, 0.2) is 0 Å². The fourth-order valence-corrected chi connectivity index (χ4v) is 4.25. The summed E-state index contributed by atoms with van der Waals surface area (Å²) in [6, 6.07) is 12.5. The summed E-state index contributed by atoms with van der Waals surface area (Å²) in [6.07, 6.45) is 1.69. The van der Waals surface area contributed by atoms with Crippen molar-refractivity contribution in [3.63, 3.8) is 0 Å². The van der Waals surface area contributed by atoms with Crippen molar-refractivity contribution in [2.24, 2.45) is 0 Å². The molecule has 1 amide bonds. The molecule has 5 nitrogen and oxygen atoms in total. The molecular formula is C27H33NO4. The van der Waals surface area contributed by atoms with Gasteiger partial charge in [-0.1, -0.05) is 51.5 Å². The van der Waals surface area contributed by atoms with E-state index in [4.69, 9.17) is 4.74 Å². The third kappa shape index (κ3) is 4.43. The van der Waals surface area contributed by atoms with Gasteiger partial charge in [0.1, 0.15) is 11.5 Å². The standard InChI is InChI=1S/C27H33NO4/c1-6-8-15-28-24(20-12-10-9-11-18(20)5)23(26(30)27(28)31)25(29)19-13-14-22(32-7-2)21(16-19)17(3)4/h9-14,16-17,24,29H,6-8,15H2,1-5H3/b25-23+. The van der Waals surface area contributed by atoms with E-state index in [1.807, 2.05) is 57.2 Å². The number of rotatable bonds is 8. The van der Waals surface area contributed by atoms with Gasteiger partial charge in [0.2, 0.25) is 0 Å². The summed E-state index contributed by atoms with van der Waals surface area (Å²) in [4.78, 5) is 27.7. The van der Waals surface area contributed by atoms with Gasteiger partial charge < -0.3 is 14.7 Å². The molecule has 5 heteroatoms. The Labute approximate surface area is 190 Å². The normalized spacial score (nSPS) is 17.9. The maximum atomic E-state index is 13.1. The lowest BCUT2D eigenvalue weighted by Gasteiger charge is -2.26. The molecule has 1 aliphatic heterocycles. The average Bonchev–Trinajstić information content (AvgIpc) is 3.02. The summed E-state index contributed by atoms with van der Waals surface area (Å²) in [7, 11) is 0. The van der Waals surface area contributed by atoms with Crippen LogP contribution >= 0.6 is 0 Å². The van der Waals surface area contributed by atoms with Crippen LogP contribution in [0.1, 0.15) is 74.8 Å². The Bertz CT molecular complexity index is 1040. The number of amides is 1. The van der Waals surface area contributed by atoms with Crippen molar-refractivity contribution >= 4 is 17.4 Å². The monoisotopic (exact) mass is 435 g/mol. The Morgan fingerprint density at radius 2 is 1.84 bits per heavy atom. The van der Waals surface area contributed by atoms with Crippen LogP contribution in [0.15, 0.2) is 48.0 Å². The van der Waals surface area contributed by atoms with Gasteiger partial charge in [-0.05, 0) is 61.1 Å². The number of aliphatic hydroxyl groups excluding tert-OH is 1. The predicted molar refractivity (Wildman–Crippen MR) is 127 cm³/mol. The number of hydrogen-bond donors (Lipinski definition) is 1. The highest BCUT2D eigenvalue weighted by Crippen LogP contribution is 2.41. The molecular weight excluding hydrogens is 402 g/mol. The van der Waals surface area contributed by atoms with Crippen LogP contribution in [0.2, 0.25) is 0 Å². The summed E-state index contributed by atoms with van der Waals surface area (Å²) in [5.74, 6) is -0.392. The Hall–Kier alpha value is -3.08. The second-order valence-electron chi connectivity index (χ2n) is 8.54. The minimum absolute atomic E-state index is 0.138. The number of Topliss-reactive ketones (excluding diaryl/α,β-unsaturated/α-hetero) is 1. The van der Waals surface area contributed by atoms with Gasteiger partial charge >= 0.3 is 0 Å². The van der Waals surface area contributed by atoms with Crippen LogP contribution < -0.4 is 4.74 Å². The van der Waals surface area contributed by atoms with Crippen LogP contribution in [0.5, 0.6) is 5.75 Å². The average molecular weight is 436 g/mol. The van der Waals surface area contributed by atoms with Gasteiger partial charge in [0, 0.05) is 12.1 Å². The first kappa shape index (κ1) is 23.6. The maximum absolute atomic E-state index is 13.1. The molecule has 2 aromatic rings. The summed E-state index contributed by atoms with van der Waals surface area (Å²) in [5.41, 5.74) is 3.45. The number of carbonyl (C=O) groups excluding carboxylic acids is 2. The first-order valence-electron chi connectivity index (χ1n) is 11.4. The molecule has 0 bridgehead atoms. The molecule has 2 aromatic carbocycles. The van der Waals surface area contributed by atoms with E-state index in [2.05, 4.69) is 13.8 Å². The highest BCUT2D eigenvalue weighted by molar-refractivity contribution is 6.46. The second-order valence-corrected chi connectivity index (χ2v) is 8.54. The van der Waals surface area contributed by atoms with Crippen molar-refractivity contribution in [3.8, 4) is 5.75 Å². The quantitative estimate of drug-likeness (QED) is 0.326. The molecule has 3 rings (SSSR count). The second kappa shape index (κ2) is 10.0. The molecule has 0 aromatic heterocycles. The molecule has 0 radical (unpaired) electrons. The van der Waals surface area contributed by atoms with Crippen molar-refractivity contribution in [1.29, 1.82) is 0 Å². The minimum Gasteiger partial charge on any atom is -0.507 e. The van der Waals surface area contributed by atoms with Crippen molar-refractivity contribution in [3.05, 3.63) is 70.3 Å². The Kier molecular flexibility index (Phi) is 7.39. The molecule has 1 heterocycles. The topological polar surface area (TPSA) is 66.8 Å². The molecule has 1 atom stereocenters. The number of ketones is 1. The number of aliphatic hydroxyl groups is 1. The van der Waals surface area contributed by atoms with E-state index in [0.717, 1.165) is 35.3 Å². The highest BCUT2D eigenvalue weighted by atomic mass is 16.5. The maximum Gasteiger partial charge on any atom is 0.295 e. The summed E-state index contributed by atoms with van der Waals surface area (Å²) >= 11 is 0. The van der Waals surface area contributed by atoms with Gasteiger partial charge in [0.25, 0.3) is 11.7 Å². The zero-order valence-electron chi connectivity index (χ0n) is 19.6. The first-order chi connectivity index (χ1) is 15.3. The molecule has 0 aliphatic carbocycles. The fraction of sp³-hybridized carbons (Fsp3) is 0.407. The van der Waals surface area contributed by atoms with Gasteiger partial charge in [-0.2, -0.15) is 0 Å². The van der Waals surface area contributed by atoms with E-state index in [1.165, 1.54) is 0 Å². The summed E-state index contributed by atoms with van der Waals surface area (Å²) in [5, 5.41) is 11.3. The van der Waals surface area contributed by atoms with E-state index in [9.17, 15) is 14.7 Å². The molecule has 1 aliphatic rings. The van der Waals surface area contributed by atoms with Crippen LogP contribution in [0.3, 0.4) is 0 Å². The number of ether oxygens (including phenoxy) is 1. The first-order valence-corrected chi connectivity index (χ1v) is 11.4. The number of unbranched alkanes of at least 4 members (excludes halogenated alkanes) is 1. The largest absolute Gasteiger partial charge is 0.507 e. The molecule has 1 unspecified atom stereocenters. The van der Waals surface area contributed by atoms with E-state index < -0.39 is 17.7 Å². The molecule has 1 N–H and O–H groups in total. The van der Waals surface area contributed by atoms with Crippen molar-refractivity contribution in [2.45, 2.75) is 59.4 Å². The third-order valence-corrected chi connectivity index (χ3v) is 5.98. The zero-order valence-corrected chi connectivity index (χ0v) is 19.6. The van der Waals surface area contributed by atoms with Crippen molar-refractivity contribution in [2.75, 3.05) is 13.2 Å².